The first-order valence-electron chi connectivity index (χ1n) is 12.8. The quantitative estimate of drug-likeness (QED) is 0.221. The molecule has 0 spiro atoms. The van der Waals surface area contributed by atoms with Crippen molar-refractivity contribution in [1.29, 1.82) is 0 Å². The number of fused-ring (bicyclic) bond motifs is 2. The van der Waals surface area contributed by atoms with Crippen molar-refractivity contribution < 1.29 is 8.42 Å². The highest BCUT2D eigenvalue weighted by atomic mass is 32.2. The number of rotatable bonds is 10. The lowest BCUT2D eigenvalue weighted by molar-refractivity contribution is 0.596. The molecule has 3 aromatic heterocycles. The molecule has 6 rings (SSSR count). The molecule has 2 N–H and O–H groups in total. The molecule has 0 bridgehead atoms. The van der Waals surface area contributed by atoms with Crippen LogP contribution in [0, 0.1) is 0 Å². The molecule has 40 heavy (non-hydrogen) atoms. The van der Waals surface area contributed by atoms with Gasteiger partial charge in [-0.15, -0.1) is 11.3 Å². The molecule has 202 valence electrons. The smallest absolute Gasteiger partial charge is 0.148 e. The predicted octanol–water partition coefficient (Wildman–Crippen LogP) is 5.03. The lowest BCUT2D eigenvalue weighted by Gasteiger charge is -2.10. The van der Waals surface area contributed by atoms with Crippen LogP contribution in [0.5, 0.6) is 0 Å². The monoisotopic (exact) mass is 569 g/mol. The topological polar surface area (TPSA) is 115 Å². The van der Waals surface area contributed by atoms with Crippen LogP contribution in [0.3, 0.4) is 0 Å². The number of nitrogens with zero attached hydrogens (tertiary/aromatic N) is 5. The van der Waals surface area contributed by atoms with E-state index >= 15 is 0 Å². The van der Waals surface area contributed by atoms with Crippen LogP contribution in [0.4, 0.5) is 11.5 Å². The second-order valence-electron chi connectivity index (χ2n) is 9.58. The summed E-state index contributed by atoms with van der Waals surface area (Å²) in [7, 11) is -2.98. The molecule has 0 fully saturated rings. The van der Waals surface area contributed by atoms with Gasteiger partial charge in [0.05, 0.1) is 29.5 Å². The second-order valence-corrected chi connectivity index (χ2v) is 13.0. The molecular formula is C29H27N7O2S2. The zero-order chi connectivity index (χ0) is 27.5. The summed E-state index contributed by atoms with van der Waals surface area (Å²) in [6, 6.07) is 22.5. The van der Waals surface area contributed by atoms with Crippen molar-refractivity contribution in [2.75, 3.05) is 23.9 Å². The van der Waals surface area contributed by atoms with Gasteiger partial charge in [-0.25, -0.2) is 23.4 Å². The summed E-state index contributed by atoms with van der Waals surface area (Å²) < 4.78 is 24.6. The molecule has 0 atom stereocenters. The number of aromatic nitrogens is 5. The number of benzene rings is 3. The Bertz CT molecular complexity index is 1900. The maximum absolute atomic E-state index is 11.3. The molecule has 9 nitrogen and oxygen atoms in total. The average molecular weight is 570 g/mol. The summed E-state index contributed by atoms with van der Waals surface area (Å²) in [5.74, 6) is 0.841. The Hall–Kier alpha value is -4.19. The van der Waals surface area contributed by atoms with E-state index in [2.05, 4.69) is 54.9 Å². The lowest BCUT2D eigenvalue weighted by Crippen LogP contribution is -2.21. The third-order valence-corrected chi connectivity index (χ3v) is 8.46. The summed E-state index contributed by atoms with van der Waals surface area (Å²) in [6.45, 7) is 1.71. The summed E-state index contributed by atoms with van der Waals surface area (Å²) in [6.07, 6.45) is 6.51. The van der Waals surface area contributed by atoms with Crippen LogP contribution in [-0.2, 0) is 22.9 Å². The molecule has 3 heterocycles. The molecule has 0 aliphatic rings. The van der Waals surface area contributed by atoms with Crippen molar-refractivity contribution in [3.8, 4) is 10.6 Å². The Morgan fingerprint density at radius 3 is 2.67 bits per heavy atom. The maximum atomic E-state index is 11.3. The van der Waals surface area contributed by atoms with Crippen LogP contribution >= 0.6 is 11.3 Å². The van der Waals surface area contributed by atoms with E-state index in [1.165, 1.54) is 11.8 Å². The van der Waals surface area contributed by atoms with Gasteiger partial charge in [0.1, 0.15) is 27.0 Å². The number of thiazole rings is 1. The van der Waals surface area contributed by atoms with Gasteiger partial charge in [0, 0.05) is 52.4 Å². The Morgan fingerprint density at radius 1 is 0.950 bits per heavy atom. The standard InChI is InChI=1S/C29H27N7O2S2/c1-40(37,38)12-11-30-16-24-17-31-29(39-24)21-7-9-25-26(14-21)32-19-33-28(25)35-23-8-10-27-22(13-23)15-34-36(27)18-20-5-3-2-4-6-20/h2-10,13-15,17,19,30H,11-12,16,18H2,1H3,(H,32,33,35). The van der Waals surface area contributed by atoms with Gasteiger partial charge in [-0.05, 0) is 35.9 Å². The fourth-order valence-electron chi connectivity index (χ4n) is 4.47. The third kappa shape index (κ3) is 6.01. The Morgan fingerprint density at radius 2 is 1.82 bits per heavy atom. The molecule has 0 saturated heterocycles. The summed E-state index contributed by atoms with van der Waals surface area (Å²) in [4.78, 5) is 14.6. The first-order chi connectivity index (χ1) is 19.4. The van der Waals surface area contributed by atoms with Crippen LogP contribution in [0.15, 0.2) is 85.5 Å². The fourth-order valence-corrected chi connectivity index (χ4v) is 5.86. The zero-order valence-electron chi connectivity index (χ0n) is 21.8. The van der Waals surface area contributed by atoms with Gasteiger partial charge >= 0.3 is 0 Å². The van der Waals surface area contributed by atoms with Gasteiger partial charge in [0.25, 0.3) is 0 Å². The Balaban J connectivity index is 1.17. The average Bonchev–Trinajstić information content (AvgIpc) is 3.58. The third-order valence-electron chi connectivity index (χ3n) is 6.47. The van der Waals surface area contributed by atoms with E-state index in [4.69, 9.17) is 0 Å². The summed E-state index contributed by atoms with van der Waals surface area (Å²) >= 11 is 1.57. The van der Waals surface area contributed by atoms with E-state index in [0.717, 1.165) is 55.3 Å². The Labute approximate surface area is 235 Å². The van der Waals surface area contributed by atoms with Gasteiger partial charge in [0.2, 0.25) is 0 Å². The Kier molecular flexibility index (Phi) is 7.25. The van der Waals surface area contributed by atoms with Gasteiger partial charge in [0.15, 0.2) is 0 Å². The molecular weight excluding hydrogens is 543 g/mol. The summed E-state index contributed by atoms with van der Waals surface area (Å²) in [5, 5.41) is 14.0. The highest BCUT2D eigenvalue weighted by Gasteiger charge is 2.11. The van der Waals surface area contributed by atoms with Crippen molar-refractivity contribution in [2.45, 2.75) is 13.1 Å². The predicted molar refractivity (Wildman–Crippen MR) is 161 cm³/mol. The first kappa shape index (κ1) is 26.1. The molecule has 0 unspecified atom stereocenters. The van der Waals surface area contributed by atoms with E-state index < -0.39 is 9.84 Å². The molecule has 0 radical (unpaired) electrons. The molecule has 0 saturated carbocycles. The molecule has 6 aromatic rings. The maximum Gasteiger partial charge on any atom is 0.148 e. The summed E-state index contributed by atoms with van der Waals surface area (Å²) in [5.41, 5.74) is 4.98. The van der Waals surface area contributed by atoms with E-state index in [1.807, 2.05) is 59.5 Å². The van der Waals surface area contributed by atoms with Crippen LogP contribution in [-0.4, -0.2) is 51.7 Å². The van der Waals surface area contributed by atoms with Crippen molar-refractivity contribution in [1.82, 2.24) is 30.0 Å². The number of nitrogens with one attached hydrogen (secondary N) is 2. The van der Waals surface area contributed by atoms with Gasteiger partial charge in [-0.2, -0.15) is 5.10 Å². The SMILES string of the molecule is CS(=O)(=O)CCNCc1cnc(-c2ccc3c(Nc4ccc5c(cnn5Cc5ccccc5)c4)ncnc3c2)s1. The van der Waals surface area contributed by atoms with Crippen molar-refractivity contribution in [3.05, 3.63) is 95.9 Å². The molecule has 11 heteroatoms. The van der Waals surface area contributed by atoms with Gasteiger partial charge in [-0.1, -0.05) is 36.4 Å². The fraction of sp³-hybridized carbons (Fsp3) is 0.172. The van der Waals surface area contributed by atoms with Crippen LogP contribution in [0.2, 0.25) is 0 Å². The number of hydrogen-bond donors (Lipinski definition) is 2. The largest absolute Gasteiger partial charge is 0.340 e. The second kappa shape index (κ2) is 11.1. The zero-order valence-corrected chi connectivity index (χ0v) is 23.4. The van der Waals surface area contributed by atoms with E-state index in [-0.39, 0.29) is 5.75 Å². The van der Waals surface area contributed by atoms with Crippen molar-refractivity contribution in [3.63, 3.8) is 0 Å². The molecule has 3 aromatic carbocycles. The van der Waals surface area contributed by atoms with E-state index in [9.17, 15) is 8.42 Å². The lowest BCUT2D eigenvalue weighted by atomic mass is 10.1. The molecule has 0 aliphatic heterocycles. The van der Waals surface area contributed by atoms with Gasteiger partial charge in [-0.3, -0.25) is 4.68 Å². The number of sulfone groups is 1. The minimum Gasteiger partial charge on any atom is -0.340 e. The normalized spacial score (nSPS) is 11.8. The van der Waals surface area contributed by atoms with Crippen molar-refractivity contribution >= 4 is 54.5 Å². The minimum atomic E-state index is -2.98. The van der Waals surface area contributed by atoms with E-state index in [0.29, 0.717) is 13.1 Å². The van der Waals surface area contributed by atoms with Crippen LogP contribution in [0.25, 0.3) is 32.4 Å². The van der Waals surface area contributed by atoms with Crippen LogP contribution in [0.1, 0.15) is 10.4 Å². The van der Waals surface area contributed by atoms with Gasteiger partial charge < -0.3 is 10.6 Å². The highest BCUT2D eigenvalue weighted by Crippen LogP contribution is 2.31. The minimum absolute atomic E-state index is 0.116. The number of anilines is 2. The highest BCUT2D eigenvalue weighted by molar-refractivity contribution is 7.90. The number of hydrogen-bond acceptors (Lipinski definition) is 9. The molecule has 0 amide bonds. The molecule has 0 aliphatic carbocycles. The van der Waals surface area contributed by atoms with Crippen LogP contribution < -0.4 is 10.6 Å². The van der Waals surface area contributed by atoms with E-state index in [1.54, 1.807) is 17.7 Å². The first-order valence-corrected chi connectivity index (χ1v) is 15.6. The van der Waals surface area contributed by atoms with Crippen molar-refractivity contribution in [2.24, 2.45) is 0 Å².